The van der Waals surface area contributed by atoms with Gasteiger partial charge in [-0.2, -0.15) is 0 Å². The highest BCUT2D eigenvalue weighted by Crippen LogP contribution is 2.19. The summed E-state index contributed by atoms with van der Waals surface area (Å²) in [5.74, 6) is 0.872. The number of carbonyl (C=O) groups excluding carboxylic acids is 1. The van der Waals surface area contributed by atoms with Crippen molar-refractivity contribution in [1.29, 1.82) is 0 Å². The van der Waals surface area contributed by atoms with Gasteiger partial charge in [0.25, 0.3) is 0 Å². The third-order valence-corrected chi connectivity index (χ3v) is 4.49. The number of amides is 1. The maximum Gasteiger partial charge on any atom is 0.241 e. The molecular formula is C17H35N3O. The molecule has 1 aliphatic rings. The van der Waals surface area contributed by atoms with E-state index in [-0.39, 0.29) is 12.2 Å². The van der Waals surface area contributed by atoms with Crippen LogP contribution in [0.25, 0.3) is 0 Å². The van der Waals surface area contributed by atoms with Gasteiger partial charge in [-0.25, -0.2) is 0 Å². The fourth-order valence-electron chi connectivity index (χ4n) is 2.89. The first-order valence-corrected chi connectivity index (χ1v) is 8.63. The van der Waals surface area contributed by atoms with Crippen LogP contribution in [0.5, 0.6) is 0 Å². The van der Waals surface area contributed by atoms with Crippen LogP contribution in [0.15, 0.2) is 0 Å². The van der Waals surface area contributed by atoms with Crippen molar-refractivity contribution in [2.45, 2.75) is 78.6 Å². The van der Waals surface area contributed by atoms with Crippen LogP contribution in [0.3, 0.4) is 0 Å². The lowest BCUT2D eigenvalue weighted by molar-refractivity contribution is -0.130. The molecule has 21 heavy (non-hydrogen) atoms. The average Bonchev–Trinajstić information content (AvgIpc) is 2.70. The molecule has 1 fully saturated rings. The molecule has 0 aromatic rings. The van der Waals surface area contributed by atoms with Gasteiger partial charge in [0.15, 0.2) is 0 Å². The maximum atomic E-state index is 12.5. The lowest BCUT2D eigenvalue weighted by Gasteiger charge is -2.24. The van der Waals surface area contributed by atoms with Crippen molar-refractivity contribution >= 4 is 5.91 Å². The number of carbonyl (C=O) groups is 1. The molecule has 4 heteroatoms. The first kappa shape index (κ1) is 18.4. The van der Waals surface area contributed by atoms with Crippen molar-refractivity contribution in [2.24, 2.45) is 5.92 Å². The van der Waals surface area contributed by atoms with Gasteiger partial charge in [0.1, 0.15) is 0 Å². The zero-order valence-corrected chi connectivity index (χ0v) is 14.9. The SMILES string of the molecule is CCC1NC(CC(C)C)C(=O)N1CCCCN(C)C(C)C. The Kier molecular flexibility index (Phi) is 7.67. The molecule has 0 spiro atoms. The molecule has 2 atom stereocenters. The molecule has 1 rings (SSSR count). The van der Waals surface area contributed by atoms with Crippen LogP contribution in [0.2, 0.25) is 0 Å². The lowest BCUT2D eigenvalue weighted by atomic mass is 10.0. The van der Waals surface area contributed by atoms with Gasteiger partial charge in [-0.3, -0.25) is 10.1 Å². The van der Waals surface area contributed by atoms with E-state index in [9.17, 15) is 4.79 Å². The van der Waals surface area contributed by atoms with Crippen molar-refractivity contribution in [3.05, 3.63) is 0 Å². The monoisotopic (exact) mass is 297 g/mol. The molecule has 2 unspecified atom stereocenters. The smallest absolute Gasteiger partial charge is 0.241 e. The summed E-state index contributed by atoms with van der Waals surface area (Å²) in [6.07, 6.45) is 4.43. The van der Waals surface area contributed by atoms with E-state index in [1.165, 1.54) is 0 Å². The van der Waals surface area contributed by atoms with Crippen molar-refractivity contribution < 1.29 is 4.79 Å². The second-order valence-electron chi connectivity index (χ2n) is 7.09. The fourth-order valence-corrected chi connectivity index (χ4v) is 2.89. The van der Waals surface area contributed by atoms with E-state index >= 15 is 0 Å². The van der Waals surface area contributed by atoms with E-state index < -0.39 is 0 Å². The van der Waals surface area contributed by atoms with Crippen molar-refractivity contribution in [2.75, 3.05) is 20.1 Å². The topological polar surface area (TPSA) is 35.6 Å². The number of unbranched alkanes of at least 4 members (excludes halogenated alkanes) is 1. The molecule has 0 aromatic carbocycles. The Bertz CT molecular complexity index is 317. The molecule has 0 aromatic heterocycles. The molecule has 1 heterocycles. The molecule has 0 bridgehead atoms. The van der Waals surface area contributed by atoms with Crippen LogP contribution < -0.4 is 5.32 Å². The van der Waals surface area contributed by atoms with E-state index in [4.69, 9.17) is 0 Å². The van der Waals surface area contributed by atoms with Gasteiger partial charge in [0.05, 0.1) is 12.2 Å². The molecule has 124 valence electrons. The third-order valence-electron chi connectivity index (χ3n) is 4.49. The number of hydrogen-bond acceptors (Lipinski definition) is 3. The van der Waals surface area contributed by atoms with Gasteiger partial charge in [-0.05, 0) is 59.0 Å². The Morgan fingerprint density at radius 2 is 1.90 bits per heavy atom. The molecule has 1 amide bonds. The Morgan fingerprint density at radius 3 is 2.43 bits per heavy atom. The van der Waals surface area contributed by atoms with Crippen molar-refractivity contribution in [3.8, 4) is 0 Å². The Morgan fingerprint density at radius 1 is 1.24 bits per heavy atom. The zero-order valence-electron chi connectivity index (χ0n) is 14.9. The first-order valence-electron chi connectivity index (χ1n) is 8.63. The fraction of sp³-hybridized carbons (Fsp3) is 0.941. The van der Waals surface area contributed by atoms with Crippen LogP contribution in [0, 0.1) is 5.92 Å². The number of nitrogens with one attached hydrogen (secondary N) is 1. The van der Waals surface area contributed by atoms with Gasteiger partial charge >= 0.3 is 0 Å². The summed E-state index contributed by atoms with van der Waals surface area (Å²) in [6.45, 7) is 13.0. The molecule has 4 nitrogen and oxygen atoms in total. The summed E-state index contributed by atoms with van der Waals surface area (Å²) in [5, 5.41) is 3.51. The van der Waals surface area contributed by atoms with Crippen molar-refractivity contribution in [3.63, 3.8) is 0 Å². The summed E-state index contributed by atoms with van der Waals surface area (Å²) in [7, 11) is 2.17. The summed E-state index contributed by atoms with van der Waals surface area (Å²) >= 11 is 0. The normalized spacial score (nSPS) is 23.1. The van der Waals surface area contributed by atoms with Crippen LogP contribution in [0.1, 0.15) is 60.3 Å². The second-order valence-corrected chi connectivity index (χ2v) is 7.09. The first-order chi connectivity index (χ1) is 9.86. The maximum absolute atomic E-state index is 12.5. The molecule has 0 radical (unpaired) electrons. The highest BCUT2D eigenvalue weighted by molar-refractivity contribution is 5.84. The highest BCUT2D eigenvalue weighted by atomic mass is 16.2. The van der Waals surface area contributed by atoms with Crippen LogP contribution in [-0.4, -0.2) is 54.1 Å². The van der Waals surface area contributed by atoms with Gasteiger partial charge in [-0.15, -0.1) is 0 Å². The molecule has 1 saturated heterocycles. The van der Waals surface area contributed by atoms with Crippen LogP contribution in [-0.2, 0) is 4.79 Å². The number of hydrogen-bond donors (Lipinski definition) is 1. The van der Waals surface area contributed by atoms with Gasteiger partial charge in [0, 0.05) is 12.6 Å². The van der Waals surface area contributed by atoms with E-state index in [2.05, 4.69) is 56.8 Å². The summed E-state index contributed by atoms with van der Waals surface area (Å²) in [5.41, 5.74) is 0. The molecular weight excluding hydrogens is 262 g/mol. The standard InChI is InChI=1S/C17H35N3O/c1-7-16-18-15(12-13(2)3)17(21)20(16)11-9-8-10-19(6)14(4)5/h13-16,18H,7-12H2,1-6H3. The minimum absolute atomic E-state index is 0.0355. The lowest BCUT2D eigenvalue weighted by Crippen LogP contribution is -2.37. The van der Waals surface area contributed by atoms with Crippen LogP contribution in [0.4, 0.5) is 0 Å². The number of rotatable bonds is 9. The van der Waals surface area contributed by atoms with E-state index in [0.29, 0.717) is 17.9 Å². The summed E-state index contributed by atoms with van der Waals surface area (Å²) < 4.78 is 0. The quantitative estimate of drug-likeness (QED) is 0.665. The van der Waals surface area contributed by atoms with Gasteiger partial charge < -0.3 is 9.80 Å². The van der Waals surface area contributed by atoms with E-state index in [0.717, 1.165) is 38.8 Å². The average molecular weight is 297 g/mol. The predicted molar refractivity (Wildman–Crippen MR) is 89.2 cm³/mol. The molecule has 1 N–H and O–H groups in total. The minimum atomic E-state index is 0.0355. The van der Waals surface area contributed by atoms with E-state index in [1.807, 2.05) is 0 Å². The molecule has 0 saturated carbocycles. The Hall–Kier alpha value is -0.610. The van der Waals surface area contributed by atoms with Gasteiger partial charge in [0.2, 0.25) is 5.91 Å². The Labute approximate surface area is 131 Å². The molecule has 1 aliphatic heterocycles. The summed E-state index contributed by atoms with van der Waals surface area (Å²) in [4.78, 5) is 16.9. The number of nitrogens with zero attached hydrogens (tertiary/aromatic N) is 2. The van der Waals surface area contributed by atoms with Crippen LogP contribution >= 0.6 is 0 Å². The second kappa shape index (κ2) is 8.74. The van der Waals surface area contributed by atoms with Crippen molar-refractivity contribution in [1.82, 2.24) is 15.1 Å². The van der Waals surface area contributed by atoms with E-state index in [1.54, 1.807) is 0 Å². The third kappa shape index (κ3) is 5.59. The van der Waals surface area contributed by atoms with Gasteiger partial charge in [-0.1, -0.05) is 20.8 Å². The predicted octanol–water partition coefficient (Wildman–Crippen LogP) is 2.69. The summed E-state index contributed by atoms with van der Waals surface area (Å²) in [6, 6.07) is 0.632. The Balaban J connectivity index is 2.40. The zero-order chi connectivity index (χ0) is 16.0. The minimum Gasteiger partial charge on any atom is -0.326 e. The highest BCUT2D eigenvalue weighted by Gasteiger charge is 2.37. The molecule has 0 aliphatic carbocycles. The largest absolute Gasteiger partial charge is 0.326 e.